The minimum absolute atomic E-state index is 0.0329. The van der Waals surface area contributed by atoms with Crippen molar-refractivity contribution in [1.82, 2.24) is 30.5 Å². The summed E-state index contributed by atoms with van der Waals surface area (Å²) in [6.45, 7) is 5.33. The molecule has 2 aromatic carbocycles. The summed E-state index contributed by atoms with van der Waals surface area (Å²) in [5.74, 6) is 0.0329. The lowest BCUT2D eigenvalue weighted by molar-refractivity contribution is -0.122. The van der Waals surface area contributed by atoms with Crippen LogP contribution in [0.15, 0.2) is 48.7 Å². The SMILES string of the molecule is O=C(CN1CCCNCC1)NCc1cn(Cc2cccc3ccccc23)nn1. The molecule has 4 rings (SSSR count). The average Bonchev–Trinajstić information content (AvgIpc) is 3.00. The Balaban J connectivity index is 1.32. The van der Waals surface area contributed by atoms with E-state index in [2.05, 4.69) is 62.2 Å². The molecular formula is C21H26N6O. The van der Waals surface area contributed by atoms with Gasteiger partial charge in [-0.05, 0) is 35.8 Å². The van der Waals surface area contributed by atoms with Gasteiger partial charge in [-0.3, -0.25) is 9.69 Å². The zero-order valence-electron chi connectivity index (χ0n) is 16.0. The molecule has 0 spiro atoms. The largest absolute Gasteiger partial charge is 0.349 e. The van der Waals surface area contributed by atoms with Crippen molar-refractivity contribution in [2.24, 2.45) is 0 Å². The number of nitrogens with one attached hydrogen (secondary N) is 2. The Morgan fingerprint density at radius 1 is 1.11 bits per heavy atom. The van der Waals surface area contributed by atoms with Gasteiger partial charge in [-0.2, -0.15) is 0 Å². The molecule has 1 aliphatic rings. The van der Waals surface area contributed by atoms with Crippen LogP contribution < -0.4 is 10.6 Å². The van der Waals surface area contributed by atoms with Crippen LogP contribution in [0.1, 0.15) is 17.7 Å². The Morgan fingerprint density at radius 2 is 2.00 bits per heavy atom. The summed E-state index contributed by atoms with van der Waals surface area (Å²) in [7, 11) is 0. The van der Waals surface area contributed by atoms with Gasteiger partial charge in [0.25, 0.3) is 0 Å². The van der Waals surface area contributed by atoms with E-state index >= 15 is 0 Å². The molecule has 1 aliphatic heterocycles. The highest BCUT2D eigenvalue weighted by molar-refractivity contribution is 5.85. The van der Waals surface area contributed by atoms with Gasteiger partial charge in [0.2, 0.25) is 5.91 Å². The van der Waals surface area contributed by atoms with E-state index in [1.165, 1.54) is 16.3 Å². The fourth-order valence-electron chi connectivity index (χ4n) is 3.61. The van der Waals surface area contributed by atoms with Gasteiger partial charge >= 0.3 is 0 Å². The maximum Gasteiger partial charge on any atom is 0.234 e. The predicted molar refractivity (Wildman–Crippen MR) is 109 cm³/mol. The number of fused-ring (bicyclic) bond motifs is 1. The summed E-state index contributed by atoms with van der Waals surface area (Å²) in [5, 5.41) is 17.2. The first-order valence-corrected chi connectivity index (χ1v) is 9.83. The Hall–Kier alpha value is -2.77. The zero-order valence-corrected chi connectivity index (χ0v) is 16.0. The van der Waals surface area contributed by atoms with Crippen LogP contribution in [-0.4, -0.2) is 58.5 Å². The van der Waals surface area contributed by atoms with Gasteiger partial charge in [0, 0.05) is 13.1 Å². The summed E-state index contributed by atoms with van der Waals surface area (Å²) < 4.78 is 1.82. The van der Waals surface area contributed by atoms with Crippen molar-refractivity contribution in [1.29, 1.82) is 0 Å². The highest BCUT2D eigenvalue weighted by Crippen LogP contribution is 2.19. The molecule has 2 heterocycles. The van der Waals surface area contributed by atoms with Crippen molar-refractivity contribution in [2.75, 3.05) is 32.7 Å². The van der Waals surface area contributed by atoms with Crippen molar-refractivity contribution < 1.29 is 4.79 Å². The number of amides is 1. The number of hydrogen-bond donors (Lipinski definition) is 2. The van der Waals surface area contributed by atoms with Crippen LogP contribution in [0, 0.1) is 0 Å². The number of hydrogen-bond acceptors (Lipinski definition) is 5. The summed E-state index contributed by atoms with van der Waals surface area (Å²) in [6, 6.07) is 14.6. The number of aromatic nitrogens is 3. The van der Waals surface area contributed by atoms with E-state index in [0.29, 0.717) is 19.6 Å². The molecule has 2 N–H and O–H groups in total. The molecule has 1 aromatic heterocycles. The summed E-state index contributed by atoms with van der Waals surface area (Å²) >= 11 is 0. The summed E-state index contributed by atoms with van der Waals surface area (Å²) in [5.41, 5.74) is 1.97. The van der Waals surface area contributed by atoms with Crippen LogP contribution >= 0.6 is 0 Å². The molecule has 3 aromatic rings. The van der Waals surface area contributed by atoms with Crippen LogP contribution in [0.25, 0.3) is 10.8 Å². The molecule has 0 radical (unpaired) electrons. The van der Waals surface area contributed by atoms with E-state index in [-0.39, 0.29) is 5.91 Å². The first kappa shape index (κ1) is 18.6. The predicted octanol–water partition coefficient (Wildman–Crippen LogP) is 1.39. The molecule has 1 saturated heterocycles. The molecule has 1 amide bonds. The molecule has 146 valence electrons. The third kappa shape index (κ3) is 4.74. The lowest BCUT2D eigenvalue weighted by atomic mass is 10.0. The molecular weight excluding hydrogens is 352 g/mol. The Bertz CT molecular complexity index is 924. The maximum atomic E-state index is 12.2. The monoisotopic (exact) mass is 378 g/mol. The Kier molecular flexibility index (Phi) is 5.94. The van der Waals surface area contributed by atoms with Gasteiger partial charge in [0.1, 0.15) is 5.69 Å². The van der Waals surface area contributed by atoms with Gasteiger partial charge in [-0.25, -0.2) is 4.68 Å². The summed E-state index contributed by atoms with van der Waals surface area (Å²) in [6.07, 6.45) is 2.98. The molecule has 1 fully saturated rings. The number of nitrogens with zero attached hydrogens (tertiary/aromatic N) is 4. The Labute approximate surface area is 164 Å². The maximum absolute atomic E-state index is 12.2. The summed E-state index contributed by atoms with van der Waals surface area (Å²) in [4.78, 5) is 14.4. The third-order valence-electron chi connectivity index (χ3n) is 5.06. The third-order valence-corrected chi connectivity index (χ3v) is 5.06. The molecule has 0 atom stereocenters. The number of carbonyl (C=O) groups excluding carboxylic acids is 1. The van der Waals surface area contributed by atoms with E-state index in [0.717, 1.165) is 38.3 Å². The van der Waals surface area contributed by atoms with E-state index in [4.69, 9.17) is 0 Å². The molecule has 28 heavy (non-hydrogen) atoms. The second kappa shape index (κ2) is 8.95. The Morgan fingerprint density at radius 3 is 2.96 bits per heavy atom. The van der Waals surface area contributed by atoms with Crippen molar-refractivity contribution in [3.8, 4) is 0 Å². The fourth-order valence-corrected chi connectivity index (χ4v) is 3.61. The lowest BCUT2D eigenvalue weighted by Crippen LogP contribution is -2.38. The quantitative estimate of drug-likeness (QED) is 0.678. The highest BCUT2D eigenvalue weighted by atomic mass is 16.2. The minimum atomic E-state index is 0.0329. The molecule has 0 aliphatic carbocycles. The number of rotatable bonds is 6. The highest BCUT2D eigenvalue weighted by Gasteiger charge is 2.13. The standard InChI is InChI=1S/C21H26N6O/c28-21(16-26-11-4-9-22-10-12-26)23-13-19-15-27(25-24-19)14-18-7-3-6-17-5-1-2-8-20(17)18/h1-3,5-8,15,22H,4,9-14,16H2,(H,23,28). The van der Waals surface area contributed by atoms with Gasteiger partial charge in [-0.1, -0.05) is 47.7 Å². The first-order valence-electron chi connectivity index (χ1n) is 9.83. The number of benzene rings is 2. The minimum Gasteiger partial charge on any atom is -0.349 e. The van der Waals surface area contributed by atoms with Gasteiger partial charge in [-0.15, -0.1) is 5.10 Å². The van der Waals surface area contributed by atoms with Gasteiger partial charge in [0.05, 0.1) is 25.8 Å². The second-order valence-electron chi connectivity index (χ2n) is 7.20. The molecule has 0 saturated carbocycles. The van der Waals surface area contributed by atoms with Gasteiger partial charge in [0.15, 0.2) is 0 Å². The van der Waals surface area contributed by atoms with E-state index in [9.17, 15) is 4.79 Å². The normalized spacial score (nSPS) is 15.4. The first-order chi connectivity index (χ1) is 13.8. The fraction of sp³-hybridized carbons (Fsp3) is 0.381. The van der Waals surface area contributed by atoms with Crippen molar-refractivity contribution in [3.05, 3.63) is 59.9 Å². The van der Waals surface area contributed by atoms with Crippen molar-refractivity contribution >= 4 is 16.7 Å². The van der Waals surface area contributed by atoms with Crippen LogP contribution in [0.4, 0.5) is 0 Å². The number of carbonyl (C=O) groups is 1. The van der Waals surface area contributed by atoms with Crippen molar-refractivity contribution in [2.45, 2.75) is 19.5 Å². The van der Waals surface area contributed by atoms with Crippen LogP contribution in [0.2, 0.25) is 0 Å². The van der Waals surface area contributed by atoms with E-state index < -0.39 is 0 Å². The van der Waals surface area contributed by atoms with E-state index in [1.807, 2.05) is 16.9 Å². The van der Waals surface area contributed by atoms with Crippen LogP contribution in [-0.2, 0) is 17.9 Å². The van der Waals surface area contributed by atoms with Crippen LogP contribution in [0.5, 0.6) is 0 Å². The average molecular weight is 378 g/mol. The molecule has 0 unspecified atom stereocenters. The van der Waals surface area contributed by atoms with Crippen LogP contribution in [0.3, 0.4) is 0 Å². The molecule has 0 bridgehead atoms. The lowest BCUT2D eigenvalue weighted by Gasteiger charge is -2.18. The van der Waals surface area contributed by atoms with Crippen molar-refractivity contribution in [3.63, 3.8) is 0 Å². The molecule has 7 heteroatoms. The molecule has 7 nitrogen and oxygen atoms in total. The second-order valence-corrected chi connectivity index (χ2v) is 7.20. The zero-order chi connectivity index (χ0) is 19.2. The smallest absolute Gasteiger partial charge is 0.234 e. The topological polar surface area (TPSA) is 75.1 Å². The van der Waals surface area contributed by atoms with E-state index in [1.54, 1.807) is 0 Å². The van der Waals surface area contributed by atoms with Gasteiger partial charge < -0.3 is 10.6 Å².